The van der Waals surface area contributed by atoms with Gasteiger partial charge in [-0.1, -0.05) is 6.07 Å². The summed E-state index contributed by atoms with van der Waals surface area (Å²) in [5.41, 5.74) is 0.432. The van der Waals surface area contributed by atoms with Crippen molar-refractivity contribution in [3.63, 3.8) is 0 Å². The standard InChI is InChI=1S/C17H13F3N2O2/c18-9-2-1-3-10(6-9)21-16(23)12-8-13(12)17(24)22-11-4-5-14(19)15(20)7-11/h1-7,12-13H,8H2,(H,21,23)(H,22,24). The number of anilines is 2. The normalized spacial score (nSPS) is 18.8. The van der Waals surface area contributed by atoms with E-state index in [1.165, 1.54) is 24.3 Å². The predicted octanol–water partition coefficient (Wildman–Crippen LogP) is 3.32. The first-order valence-electron chi connectivity index (χ1n) is 7.26. The second kappa shape index (κ2) is 6.35. The van der Waals surface area contributed by atoms with Gasteiger partial charge in [0, 0.05) is 17.4 Å². The van der Waals surface area contributed by atoms with Gasteiger partial charge in [-0.2, -0.15) is 0 Å². The average molecular weight is 334 g/mol. The maximum absolute atomic E-state index is 13.1. The summed E-state index contributed by atoms with van der Waals surface area (Å²) < 4.78 is 39.0. The fourth-order valence-electron chi connectivity index (χ4n) is 2.38. The lowest BCUT2D eigenvalue weighted by Gasteiger charge is -2.06. The van der Waals surface area contributed by atoms with Crippen LogP contribution in [0.25, 0.3) is 0 Å². The van der Waals surface area contributed by atoms with Gasteiger partial charge in [-0.05, 0) is 36.8 Å². The minimum atomic E-state index is -1.07. The highest BCUT2D eigenvalue weighted by atomic mass is 19.2. The van der Waals surface area contributed by atoms with Gasteiger partial charge >= 0.3 is 0 Å². The Morgan fingerprint density at radius 3 is 2.04 bits per heavy atom. The Hall–Kier alpha value is -2.83. The van der Waals surface area contributed by atoms with E-state index in [1.807, 2.05) is 0 Å². The molecule has 0 bridgehead atoms. The van der Waals surface area contributed by atoms with E-state index in [4.69, 9.17) is 0 Å². The van der Waals surface area contributed by atoms with Crippen LogP contribution < -0.4 is 10.6 Å². The van der Waals surface area contributed by atoms with Gasteiger partial charge < -0.3 is 10.6 Å². The summed E-state index contributed by atoms with van der Waals surface area (Å²) in [4.78, 5) is 24.1. The van der Waals surface area contributed by atoms with Gasteiger partial charge in [0.1, 0.15) is 5.82 Å². The van der Waals surface area contributed by atoms with E-state index in [-0.39, 0.29) is 11.6 Å². The van der Waals surface area contributed by atoms with Crippen molar-refractivity contribution in [3.05, 3.63) is 59.9 Å². The van der Waals surface area contributed by atoms with Crippen LogP contribution in [0, 0.1) is 29.3 Å². The minimum absolute atomic E-state index is 0.120. The van der Waals surface area contributed by atoms with Gasteiger partial charge in [0.05, 0.1) is 11.8 Å². The van der Waals surface area contributed by atoms with Crippen LogP contribution in [-0.4, -0.2) is 11.8 Å². The second-order valence-electron chi connectivity index (χ2n) is 5.57. The van der Waals surface area contributed by atoms with Crippen molar-refractivity contribution < 1.29 is 22.8 Å². The third-order valence-corrected chi connectivity index (χ3v) is 3.74. The van der Waals surface area contributed by atoms with E-state index >= 15 is 0 Å². The molecular formula is C17H13F3N2O2. The summed E-state index contributed by atoms with van der Waals surface area (Å²) in [6, 6.07) is 8.45. The second-order valence-corrected chi connectivity index (χ2v) is 5.57. The first-order valence-corrected chi connectivity index (χ1v) is 7.26. The quantitative estimate of drug-likeness (QED) is 0.901. The summed E-state index contributed by atoms with van der Waals surface area (Å²) >= 11 is 0. The van der Waals surface area contributed by atoms with E-state index in [0.29, 0.717) is 12.1 Å². The Morgan fingerprint density at radius 2 is 1.46 bits per heavy atom. The largest absolute Gasteiger partial charge is 0.326 e. The molecule has 0 saturated heterocycles. The smallest absolute Gasteiger partial charge is 0.228 e. The molecule has 0 radical (unpaired) electrons. The Morgan fingerprint density at radius 1 is 0.833 bits per heavy atom. The summed E-state index contributed by atoms with van der Waals surface area (Å²) in [6.07, 6.45) is 0.344. The molecular weight excluding hydrogens is 321 g/mol. The van der Waals surface area contributed by atoms with Crippen LogP contribution >= 0.6 is 0 Å². The van der Waals surface area contributed by atoms with E-state index in [2.05, 4.69) is 10.6 Å². The van der Waals surface area contributed by atoms with Crippen molar-refractivity contribution in [1.29, 1.82) is 0 Å². The molecule has 2 aromatic rings. The molecule has 124 valence electrons. The van der Waals surface area contributed by atoms with Crippen LogP contribution in [0.1, 0.15) is 6.42 Å². The molecule has 2 aromatic carbocycles. The van der Waals surface area contributed by atoms with Crippen molar-refractivity contribution in [2.75, 3.05) is 10.6 Å². The molecule has 1 fully saturated rings. The van der Waals surface area contributed by atoms with Crippen molar-refractivity contribution in [2.24, 2.45) is 11.8 Å². The van der Waals surface area contributed by atoms with Crippen molar-refractivity contribution in [2.45, 2.75) is 6.42 Å². The molecule has 1 saturated carbocycles. The highest BCUT2D eigenvalue weighted by Gasteiger charge is 2.48. The fraction of sp³-hybridized carbons (Fsp3) is 0.176. The number of carbonyl (C=O) groups excluding carboxylic acids is 2. The lowest BCUT2D eigenvalue weighted by atomic mass is 10.2. The van der Waals surface area contributed by atoms with Crippen LogP contribution in [0.4, 0.5) is 24.5 Å². The molecule has 3 rings (SSSR count). The number of hydrogen-bond acceptors (Lipinski definition) is 2. The summed E-state index contributed by atoms with van der Waals surface area (Å²) in [5.74, 6) is -4.45. The number of hydrogen-bond donors (Lipinski definition) is 2. The number of nitrogens with one attached hydrogen (secondary N) is 2. The molecule has 0 spiro atoms. The SMILES string of the molecule is O=C(Nc1cccc(F)c1)C1CC1C(=O)Nc1ccc(F)c(F)c1. The zero-order valence-corrected chi connectivity index (χ0v) is 12.4. The minimum Gasteiger partial charge on any atom is -0.326 e. The summed E-state index contributed by atoms with van der Waals surface area (Å²) in [5, 5.41) is 4.99. The van der Waals surface area contributed by atoms with Crippen molar-refractivity contribution in [3.8, 4) is 0 Å². The number of halogens is 3. The lowest BCUT2D eigenvalue weighted by Crippen LogP contribution is -2.20. The maximum Gasteiger partial charge on any atom is 0.228 e. The molecule has 2 unspecified atom stereocenters. The van der Waals surface area contributed by atoms with Crippen molar-refractivity contribution >= 4 is 23.2 Å². The highest BCUT2D eigenvalue weighted by Crippen LogP contribution is 2.40. The predicted molar refractivity (Wildman–Crippen MR) is 81.6 cm³/mol. The molecule has 2 atom stereocenters. The maximum atomic E-state index is 13.1. The Bertz CT molecular complexity index is 810. The van der Waals surface area contributed by atoms with Gasteiger partial charge in [0.25, 0.3) is 0 Å². The van der Waals surface area contributed by atoms with E-state index in [9.17, 15) is 22.8 Å². The Balaban J connectivity index is 1.57. The number of benzene rings is 2. The molecule has 4 nitrogen and oxygen atoms in total. The zero-order valence-electron chi connectivity index (χ0n) is 12.4. The lowest BCUT2D eigenvalue weighted by molar-refractivity contribution is -0.122. The van der Waals surface area contributed by atoms with Gasteiger partial charge in [-0.3, -0.25) is 9.59 Å². The van der Waals surface area contributed by atoms with Crippen LogP contribution in [0.5, 0.6) is 0 Å². The molecule has 0 heterocycles. The summed E-state index contributed by atoms with van der Waals surface area (Å²) in [6.45, 7) is 0. The molecule has 0 aromatic heterocycles. The molecule has 0 aliphatic heterocycles. The molecule has 1 aliphatic carbocycles. The van der Waals surface area contributed by atoms with E-state index in [0.717, 1.165) is 12.1 Å². The van der Waals surface area contributed by atoms with Crippen LogP contribution in [0.2, 0.25) is 0 Å². The van der Waals surface area contributed by atoms with Crippen LogP contribution in [0.3, 0.4) is 0 Å². The zero-order chi connectivity index (χ0) is 17.3. The van der Waals surface area contributed by atoms with Gasteiger partial charge in [-0.15, -0.1) is 0 Å². The first kappa shape index (κ1) is 16.0. The van der Waals surface area contributed by atoms with E-state index in [1.54, 1.807) is 6.07 Å². The molecule has 2 amide bonds. The number of rotatable bonds is 4. The Labute approximate surface area is 135 Å². The van der Waals surface area contributed by atoms with E-state index < -0.39 is 35.2 Å². The number of amides is 2. The monoisotopic (exact) mass is 334 g/mol. The fourth-order valence-corrected chi connectivity index (χ4v) is 2.38. The molecule has 7 heteroatoms. The van der Waals surface area contributed by atoms with Crippen LogP contribution in [0.15, 0.2) is 42.5 Å². The average Bonchev–Trinajstić information content (AvgIpc) is 3.32. The van der Waals surface area contributed by atoms with Gasteiger partial charge in [0.15, 0.2) is 11.6 Å². The van der Waals surface area contributed by atoms with Gasteiger partial charge in [-0.25, -0.2) is 13.2 Å². The third-order valence-electron chi connectivity index (χ3n) is 3.74. The highest BCUT2D eigenvalue weighted by molar-refractivity contribution is 6.03. The topological polar surface area (TPSA) is 58.2 Å². The summed E-state index contributed by atoms with van der Waals surface area (Å²) in [7, 11) is 0. The van der Waals surface area contributed by atoms with Gasteiger partial charge in [0.2, 0.25) is 11.8 Å². The van der Waals surface area contributed by atoms with Crippen LogP contribution in [-0.2, 0) is 9.59 Å². The molecule has 24 heavy (non-hydrogen) atoms. The molecule has 1 aliphatic rings. The third kappa shape index (κ3) is 3.56. The first-order chi connectivity index (χ1) is 11.4. The number of carbonyl (C=O) groups is 2. The Kier molecular flexibility index (Phi) is 4.24. The van der Waals surface area contributed by atoms with Crippen molar-refractivity contribution in [1.82, 2.24) is 0 Å². The molecule has 2 N–H and O–H groups in total.